The molecule has 0 unspecified atom stereocenters. The van der Waals surface area contributed by atoms with Gasteiger partial charge in [-0.3, -0.25) is 20.2 Å². The van der Waals surface area contributed by atoms with Gasteiger partial charge in [0.15, 0.2) is 10.2 Å². The predicted molar refractivity (Wildman–Crippen MR) is 170 cm³/mol. The number of nitrogens with one attached hydrogen (secondary N) is 3. The molecule has 8 heteroatoms. The summed E-state index contributed by atoms with van der Waals surface area (Å²) in [6, 6.07) is 28.3. The van der Waals surface area contributed by atoms with E-state index in [0.29, 0.717) is 21.4 Å². The Balaban J connectivity index is 0.000000185. The van der Waals surface area contributed by atoms with Crippen LogP contribution in [-0.2, 0) is 0 Å². The van der Waals surface area contributed by atoms with Crippen molar-refractivity contribution in [2.45, 2.75) is 27.7 Å². The standard InChI is InChI=1S/C16H14N2OS.C16H16N2OS/c1-10-8-9-11(2)14-13(10)17-16(20-14)18-15(19)12-6-4-3-5-7-12;1-11-8-9-12(2)14(10-11)17-16(20)18-15(19)13-6-4-3-5-7-13/h3-9H,1-2H3,(H,17,18,19);3-10H,1-2H3,(H2,17,18,19,20). The fourth-order valence-electron chi connectivity index (χ4n) is 3.86. The molecule has 0 saturated heterocycles. The molecule has 0 radical (unpaired) electrons. The van der Waals surface area contributed by atoms with Crippen molar-refractivity contribution in [2.24, 2.45) is 0 Å². The minimum atomic E-state index is -0.214. The number of aromatic nitrogens is 1. The number of thiazole rings is 1. The Kier molecular flexibility index (Phi) is 9.37. The van der Waals surface area contributed by atoms with Gasteiger partial charge in [-0.15, -0.1) is 0 Å². The van der Waals surface area contributed by atoms with Crippen molar-refractivity contribution in [1.82, 2.24) is 10.3 Å². The molecular weight excluding hydrogens is 537 g/mol. The van der Waals surface area contributed by atoms with Crippen molar-refractivity contribution >= 4 is 61.5 Å². The molecule has 202 valence electrons. The van der Waals surface area contributed by atoms with Crippen LogP contribution in [-0.4, -0.2) is 21.9 Å². The number of anilines is 2. The predicted octanol–water partition coefficient (Wildman–Crippen LogP) is 7.60. The largest absolute Gasteiger partial charge is 0.332 e. The maximum atomic E-state index is 12.1. The van der Waals surface area contributed by atoms with Crippen molar-refractivity contribution in [1.29, 1.82) is 0 Å². The Labute approximate surface area is 243 Å². The highest BCUT2D eigenvalue weighted by atomic mass is 32.1. The minimum Gasteiger partial charge on any atom is -0.332 e. The number of hydrogen-bond acceptors (Lipinski definition) is 5. The average Bonchev–Trinajstić information content (AvgIpc) is 3.39. The Bertz CT molecular complexity index is 1630. The second kappa shape index (κ2) is 13.1. The molecule has 3 N–H and O–H groups in total. The van der Waals surface area contributed by atoms with Crippen LogP contribution in [0.2, 0.25) is 0 Å². The summed E-state index contributed by atoms with van der Waals surface area (Å²) >= 11 is 6.69. The summed E-state index contributed by atoms with van der Waals surface area (Å²) in [5, 5.41) is 9.54. The third-order valence-corrected chi connectivity index (χ3v) is 7.41. The van der Waals surface area contributed by atoms with Gasteiger partial charge in [0.25, 0.3) is 11.8 Å². The fraction of sp³-hybridized carbons (Fsp3) is 0.125. The van der Waals surface area contributed by atoms with Gasteiger partial charge in [-0.25, -0.2) is 4.98 Å². The van der Waals surface area contributed by atoms with Crippen molar-refractivity contribution in [3.8, 4) is 0 Å². The zero-order valence-corrected chi connectivity index (χ0v) is 24.4. The second-order valence-corrected chi connectivity index (χ2v) is 10.7. The van der Waals surface area contributed by atoms with E-state index in [1.165, 1.54) is 16.9 Å². The molecule has 4 aromatic carbocycles. The molecule has 5 rings (SSSR count). The number of hydrogen-bond donors (Lipinski definition) is 3. The van der Waals surface area contributed by atoms with Crippen LogP contribution in [0.25, 0.3) is 10.2 Å². The maximum absolute atomic E-state index is 12.1. The van der Waals surface area contributed by atoms with E-state index in [2.05, 4.69) is 40.0 Å². The lowest BCUT2D eigenvalue weighted by Gasteiger charge is -2.12. The van der Waals surface area contributed by atoms with Crippen LogP contribution in [0, 0.1) is 27.7 Å². The molecule has 0 fully saturated rings. The van der Waals surface area contributed by atoms with Gasteiger partial charge < -0.3 is 5.32 Å². The van der Waals surface area contributed by atoms with E-state index in [-0.39, 0.29) is 11.8 Å². The smallest absolute Gasteiger partial charge is 0.257 e. The van der Waals surface area contributed by atoms with Crippen LogP contribution >= 0.6 is 23.6 Å². The van der Waals surface area contributed by atoms with Crippen LogP contribution in [0.15, 0.2) is 91.0 Å². The first-order valence-electron chi connectivity index (χ1n) is 12.7. The molecule has 1 aromatic heterocycles. The van der Waals surface area contributed by atoms with Gasteiger partial charge in [-0.2, -0.15) is 0 Å². The molecule has 1 heterocycles. The lowest BCUT2D eigenvalue weighted by molar-refractivity contribution is 0.0976. The van der Waals surface area contributed by atoms with Crippen LogP contribution in [0.5, 0.6) is 0 Å². The lowest BCUT2D eigenvalue weighted by Crippen LogP contribution is -2.34. The second-order valence-electron chi connectivity index (χ2n) is 9.31. The summed E-state index contributed by atoms with van der Waals surface area (Å²) in [6.07, 6.45) is 0. The van der Waals surface area contributed by atoms with E-state index in [1.54, 1.807) is 24.3 Å². The molecule has 0 bridgehead atoms. The van der Waals surface area contributed by atoms with E-state index >= 15 is 0 Å². The van der Waals surface area contributed by atoms with Gasteiger partial charge in [0.1, 0.15) is 0 Å². The van der Waals surface area contributed by atoms with Crippen LogP contribution in [0.4, 0.5) is 10.8 Å². The van der Waals surface area contributed by atoms with Gasteiger partial charge >= 0.3 is 0 Å². The van der Waals surface area contributed by atoms with E-state index in [0.717, 1.165) is 32.6 Å². The van der Waals surface area contributed by atoms with Gasteiger partial charge in [0.05, 0.1) is 10.2 Å². The zero-order chi connectivity index (χ0) is 28.6. The monoisotopic (exact) mass is 566 g/mol. The van der Waals surface area contributed by atoms with Crippen molar-refractivity contribution in [3.63, 3.8) is 0 Å². The van der Waals surface area contributed by atoms with Gasteiger partial charge in [-0.05, 0) is 92.5 Å². The van der Waals surface area contributed by atoms with Gasteiger partial charge in [0, 0.05) is 16.8 Å². The summed E-state index contributed by atoms with van der Waals surface area (Å²) in [5.74, 6) is -0.339. The number of benzene rings is 4. The summed E-state index contributed by atoms with van der Waals surface area (Å²) in [7, 11) is 0. The Morgan fingerprint density at radius 3 is 1.90 bits per heavy atom. The third kappa shape index (κ3) is 7.37. The van der Waals surface area contributed by atoms with Gasteiger partial charge in [0.2, 0.25) is 0 Å². The SMILES string of the molecule is Cc1ccc(C)c(NC(=S)NC(=O)c2ccccc2)c1.Cc1ccc(C)c2sc(NC(=O)c3ccccc3)nc12. The lowest BCUT2D eigenvalue weighted by atomic mass is 10.1. The van der Waals surface area contributed by atoms with E-state index in [4.69, 9.17) is 12.2 Å². The summed E-state index contributed by atoms with van der Waals surface area (Å²) in [5.41, 5.74) is 7.62. The summed E-state index contributed by atoms with van der Waals surface area (Å²) in [6.45, 7) is 8.09. The molecule has 2 amide bonds. The van der Waals surface area contributed by atoms with Crippen molar-refractivity contribution in [3.05, 3.63) is 124 Å². The summed E-state index contributed by atoms with van der Waals surface area (Å²) < 4.78 is 1.13. The van der Waals surface area contributed by atoms with Crippen LogP contribution in [0.1, 0.15) is 43.0 Å². The first-order chi connectivity index (χ1) is 19.2. The molecule has 0 spiro atoms. The highest BCUT2D eigenvalue weighted by Crippen LogP contribution is 2.31. The highest BCUT2D eigenvalue weighted by molar-refractivity contribution is 7.80. The normalized spacial score (nSPS) is 10.3. The maximum Gasteiger partial charge on any atom is 0.257 e. The molecule has 0 aliphatic carbocycles. The Morgan fingerprint density at radius 1 is 0.700 bits per heavy atom. The van der Waals surface area contributed by atoms with Crippen LogP contribution in [0.3, 0.4) is 0 Å². The molecule has 0 saturated carbocycles. The Morgan fingerprint density at radius 2 is 1.27 bits per heavy atom. The molecule has 5 aromatic rings. The zero-order valence-electron chi connectivity index (χ0n) is 22.7. The van der Waals surface area contributed by atoms with Crippen molar-refractivity contribution < 1.29 is 9.59 Å². The number of rotatable bonds is 4. The summed E-state index contributed by atoms with van der Waals surface area (Å²) in [4.78, 5) is 28.6. The third-order valence-electron chi connectivity index (χ3n) is 6.10. The highest BCUT2D eigenvalue weighted by Gasteiger charge is 2.12. The van der Waals surface area contributed by atoms with Crippen molar-refractivity contribution in [2.75, 3.05) is 10.6 Å². The molecule has 40 heavy (non-hydrogen) atoms. The molecule has 6 nitrogen and oxygen atoms in total. The number of carbonyl (C=O) groups excluding carboxylic acids is 2. The number of carbonyl (C=O) groups is 2. The van der Waals surface area contributed by atoms with E-state index < -0.39 is 0 Å². The molecule has 0 aliphatic rings. The van der Waals surface area contributed by atoms with Crippen LogP contribution < -0.4 is 16.0 Å². The van der Waals surface area contributed by atoms with E-state index in [1.807, 2.05) is 75.4 Å². The molecule has 0 aliphatic heterocycles. The number of aryl methyl sites for hydroxylation is 4. The Hall–Kier alpha value is -4.40. The minimum absolute atomic E-state index is 0.125. The van der Waals surface area contributed by atoms with E-state index in [9.17, 15) is 9.59 Å². The molecule has 0 atom stereocenters. The number of amides is 2. The molecular formula is C32H30N4O2S2. The average molecular weight is 567 g/mol. The number of thiocarbonyl (C=S) groups is 1. The topological polar surface area (TPSA) is 83.1 Å². The first-order valence-corrected chi connectivity index (χ1v) is 13.9. The first kappa shape index (κ1) is 28.6. The quantitative estimate of drug-likeness (QED) is 0.195. The fourth-order valence-corrected chi connectivity index (χ4v) is 5.07. The number of nitrogens with zero attached hydrogens (tertiary/aromatic N) is 1. The van der Waals surface area contributed by atoms with Gasteiger partial charge in [-0.1, -0.05) is 72.0 Å². The number of fused-ring (bicyclic) bond motifs is 1.